The molecule has 0 bridgehead atoms. The summed E-state index contributed by atoms with van der Waals surface area (Å²) in [7, 11) is 0. The molecule has 28 heavy (non-hydrogen) atoms. The van der Waals surface area contributed by atoms with E-state index in [2.05, 4.69) is 55.9 Å². The Morgan fingerprint density at radius 2 is 2.00 bits per heavy atom. The van der Waals surface area contributed by atoms with Crippen LogP contribution in [0.1, 0.15) is 5.56 Å². The van der Waals surface area contributed by atoms with Crippen LogP contribution < -0.4 is 5.73 Å². The molecule has 7 nitrogen and oxygen atoms in total. The van der Waals surface area contributed by atoms with E-state index in [1.165, 1.54) is 11.3 Å². The maximum atomic E-state index is 5.96. The highest BCUT2D eigenvalue weighted by Crippen LogP contribution is 2.26. The molecule has 0 unspecified atom stereocenters. The molecule has 0 atom stereocenters. The molecule has 0 amide bonds. The molecular formula is C21H19N6O+. The molecule has 0 aliphatic carbocycles. The first-order valence-corrected chi connectivity index (χ1v) is 9.11. The lowest BCUT2D eigenvalue weighted by molar-refractivity contribution is -0.531. The van der Waals surface area contributed by atoms with Gasteiger partial charge in [-0.25, -0.2) is 14.5 Å². The van der Waals surface area contributed by atoms with Gasteiger partial charge in [0.25, 0.3) is 0 Å². The van der Waals surface area contributed by atoms with Crippen LogP contribution in [0.15, 0.2) is 71.6 Å². The maximum absolute atomic E-state index is 5.96. The summed E-state index contributed by atoms with van der Waals surface area (Å²) < 4.78 is 9.84. The first kappa shape index (κ1) is 16.4. The van der Waals surface area contributed by atoms with Crippen molar-refractivity contribution in [3.63, 3.8) is 0 Å². The number of allylic oxidation sites excluding steroid dienone is 1. The summed E-state index contributed by atoms with van der Waals surface area (Å²) in [4.78, 5) is 13.3. The first-order valence-electron chi connectivity index (χ1n) is 9.11. The molecule has 4 aromatic rings. The highest BCUT2D eigenvalue weighted by Gasteiger charge is 2.21. The fourth-order valence-electron chi connectivity index (χ4n) is 3.50. The molecule has 0 saturated heterocycles. The van der Waals surface area contributed by atoms with Gasteiger partial charge in [-0.2, -0.15) is 4.98 Å². The molecule has 1 aromatic carbocycles. The van der Waals surface area contributed by atoms with Crippen molar-refractivity contribution < 1.29 is 8.99 Å². The predicted octanol–water partition coefficient (Wildman–Crippen LogP) is 2.89. The van der Waals surface area contributed by atoms with Crippen molar-refractivity contribution in [3.8, 4) is 11.5 Å². The van der Waals surface area contributed by atoms with Crippen molar-refractivity contribution in [2.45, 2.75) is 13.1 Å². The molecule has 0 saturated carbocycles. The molecule has 2 N–H and O–H groups in total. The van der Waals surface area contributed by atoms with Gasteiger partial charge in [-0.05, 0) is 18.2 Å². The minimum Gasteiger partial charge on any atom is -0.463 e. The van der Waals surface area contributed by atoms with Gasteiger partial charge < -0.3 is 14.7 Å². The van der Waals surface area contributed by atoms with Gasteiger partial charge in [0.15, 0.2) is 30.2 Å². The SMILES string of the molecule is Nc1nc(-c2ccco2)c2ncn(CC3=[N+](Cc4ccccc4)CC=C3)c2n1. The number of fused-ring (bicyclic) bond motifs is 1. The summed E-state index contributed by atoms with van der Waals surface area (Å²) in [6, 6.07) is 14.1. The summed E-state index contributed by atoms with van der Waals surface area (Å²) >= 11 is 0. The van der Waals surface area contributed by atoms with Gasteiger partial charge in [0.05, 0.1) is 12.6 Å². The zero-order valence-corrected chi connectivity index (χ0v) is 15.2. The van der Waals surface area contributed by atoms with Crippen molar-refractivity contribution in [3.05, 3.63) is 72.8 Å². The number of imidazole rings is 1. The quantitative estimate of drug-likeness (QED) is 0.545. The van der Waals surface area contributed by atoms with Crippen LogP contribution in [-0.2, 0) is 13.1 Å². The fraction of sp³-hybridized carbons (Fsp3) is 0.143. The minimum atomic E-state index is 0.203. The Kier molecular flexibility index (Phi) is 3.97. The molecule has 4 heterocycles. The molecule has 0 spiro atoms. The number of rotatable bonds is 5. The monoisotopic (exact) mass is 371 g/mol. The Bertz CT molecular complexity index is 1190. The van der Waals surface area contributed by atoms with Gasteiger partial charge in [0.1, 0.15) is 17.8 Å². The molecule has 138 valence electrons. The number of furan rings is 1. The topological polar surface area (TPSA) is 85.8 Å². The van der Waals surface area contributed by atoms with E-state index in [-0.39, 0.29) is 5.95 Å². The maximum Gasteiger partial charge on any atom is 0.222 e. The largest absolute Gasteiger partial charge is 0.463 e. The van der Waals surface area contributed by atoms with Gasteiger partial charge in [-0.15, -0.1) is 0 Å². The van der Waals surface area contributed by atoms with Crippen molar-refractivity contribution >= 4 is 22.8 Å². The lowest BCUT2D eigenvalue weighted by Gasteiger charge is -2.06. The lowest BCUT2D eigenvalue weighted by atomic mass is 10.2. The van der Waals surface area contributed by atoms with E-state index in [4.69, 9.17) is 10.2 Å². The van der Waals surface area contributed by atoms with E-state index in [0.717, 1.165) is 13.1 Å². The number of hydrogen-bond donors (Lipinski definition) is 1. The Morgan fingerprint density at radius 3 is 2.82 bits per heavy atom. The van der Waals surface area contributed by atoms with Crippen molar-refractivity contribution in [2.24, 2.45) is 0 Å². The van der Waals surface area contributed by atoms with Crippen LogP contribution in [0.4, 0.5) is 5.95 Å². The average molecular weight is 371 g/mol. The van der Waals surface area contributed by atoms with Gasteiger partial charge in [-0.3, -0.25) is 0 Å². The third-order valence-corrected chi connectivity index (χ3v) is 4.83. The molecule has 7 heteroatoms. The number of nitrogen functional groups attached to an aromatic ring is 1. The highest BCUT2D eigenvalue weighted by atomic mass is 16.3. The van der Waals surface area contributed by atoms with E-state index < -0.39 is 0 Å². The fourth-order valence-corrected chi connectivity index (χ4v) is 3.50. The second-order valence-corrected chi connectivity index (χ2v) is 6.71. The minimum absolute atomic E-state index is 0.203. The zero-order chi connectivity index (χ0) is 18.9. The van der Waals surface area contributed by atoms with E-state index in [9.17, 15) is 0 Å². The summed E-state index contributed by atoms with van der Waals surface area (Å²) in [5, 5.41) is 0. The standard InChI is InChI=1S/C21H19N6O/c22-21-24-18(17-9-5-11-28-17)19-20(25-21)27(14-23-19)13-16-8-4-10-26(16)12-15-6-2-1-3-7-15/h1-9,11,14H,10,12-13H2,(H2,22,24,25)/q+1. The van der Waals surface area contributed by atoms with Gasteiger partial charge in [-0.1, -0.05) is 30.3 Å². The Morgan fingerprint density at radius 1 is 1.11 bits per heavy atom. The Labute approximate surface area is 161 Å². The van der Waals surface area contributed by atoms with E-state index in [1.807, 2.05) is 22.8 Å². The number of nitrogens with two attached hydrogens (primary N) is 1. The number of benzene rings is 1. The van der Waals surface area contributed by atoms with Crippen LogP contribution >= 0.6 is 0 Å². The Balaban J connectivity index is 1.51. The van der Waals surface area contributed by atoms with Crippen LogP contribution in [0, 0.1) is 0 Å². The molecule has 0 radical (unpaired) electrons. The van der Waals surface area contributed by atoms with Crippen LogP contribution in [0.5, 0.6) is 0 Å². The number of anilines is 1. The number of nitrogens with zero attached hydrogens (tertiary/aromatic N) is 5. The number of hydrogen-bond acceptors (Lipinski definition) is 5. The summed E-state index contributed by atoms with van der Waals surface area (Å²) in [6.07, 6.45) is 7.73. The number of aromatic nitrogens is 4. The Hall–Kier alpha value is -3.74. The molecule has 5 rings (SSSR count). The lowest BCUT2D eigenvalue weighted by Crippen LogP contribution is -2.20. The van der Waals surface area contributed by atoms with Crippen molar-refractivity contribution in [2.75, 3.05) is 12.3 Å². The van der Waals surface area contributed by atoms with E-state index >= 15 is 0 Å². The van der Waals surface area contributed by atoms with Crippen LogP contribution in [-0.4, -0.2) is 36.4 Å². The molecular weight excluding hydrogens is 352 g/mol. The second kappa shape index (κ2) is 6.77. The first-order chi connectivity index (χ1) is 13.8. The summed E-state index contributed by atoms with van der Waals surface area (Å²) in [5.74, 6) is 0.831. The molecule has 3 aromatic heterocycles. The van der Waals surface area contributed by atoms with Gasteiger partial charge in [0, 0.05) is 11.6 Å². The molecule has 1 aliphatic heterocycles. The van der Waals surface area contributed by atoms with Crippen LogP contribution in [0.3, 0.4) is 0 Å². The summed E-state index contributed by atoms with van der Waals surface area (Å²) in [5.41, 5.74) is 10.4. The van der Waals surface area contributed by atoms with Crippen molar-refractivity contribution in [1.82, 2.24) is 19.5 Å². The van der Waals surface area contributed by atoms with Gasteiger partial charge >= 0.3 is 0 Å². The van der Waals surface area contributed by atoms with E-state index in [0.29, 0.717) is 29.2 Å². The zero-order valence-electron chi connectivity index (χ0n) is 15.2. The van der Waals surface area contributed by atoms with E-state index in [1.54, 1.807) is 12.6 Å². The predicted molar refractivity (Wildman–Crippen MR) is 107 cm³/mol. The van der Waals surface area contributed by atoms with Crippen molar-refractivity contribution in [1.29, 1.82) is 0 Å². The highest BCUT2D eigenvalue weighted by molar-refractivity contribution is 5.93. The molecule has 1 aliphatic rings. The summed E-state index contributed by atoms with van der Waals surface area (Å²) in [6.45, 7) is 2.42. The third kappa shape index (κ3) is 2.96. The van der Waals surface area contributed by atoms with Crippen LogP contribution in [0.25, 0.3) is 22.6 Å². The second-order valence-electron chi connectivity index (χ2n) is 6.71. The van der Waals surface area contributed by atoms with Gasteiger partial charge in [0.2, 0.25) is 5.95 Å². The average Bonchev–Trinajstić information content (AvgIpc) is 3.45. The smallest absolute Gasteiger partial charge is 0.222 e. The normalized spacial score (nSPS) is 13.7. The van der Waals surface area contributed by atoms with Crippen LogP contribution in [0.2, 0.25) is 0 Å². The molecule has 0 fully saturated rings. The third-order valence-electron chi connectivity index (χ3n) is 4.83.